The van der Waals surface area contributed by atoms with Crippen molar-refractivity contribution in [1.82, 2.24) is 15.0 Å². The number of H-pyrrole nitrogens is 1. The van der Waals surface area contributed by atoms with Gasteiger partial charge in [0.05, 0.1) is 31.0 Å². The van der Waals surface area contributed by atoms with Crippen LogP contribution < -0.4 is 10.5 Å². The molecule has 1 aromatic carbocycles. The van der Waals surface area contributed by atoms with Crippen molar-refractivity contribution in [2.24, 2.45) is 0 Å². The molecule has 0 aliphatic carbocycles. The van der Waals surface area contributed by atoms with Gasteiger partial charge in [-0.1, -0.05) is 0 Å². The van der Waals surface area contributed by atoms with Gasteiger partial charge in [-0.25, -0.2) is 9.97 Å². The predicted octanol–water partition coefficient (Wildman–Crippen LogP) is 2.92. The molecule has 3 aromatic rings. The molecule has 0 unspecified atom stereocenters. The van der Waals surface area contributed by atoms with E-state index in [4.69, 9.17) is 20.4 Å². The van der Waals surface area contributed by atoms with Gasteiger partial charge in [0.25, 0.3) is 6.47 Å². The summed E-state index contributed by atoms with van der Waals surface area (Å²) in [7, 11) is 1.62. The predicted molar refractivity (Wildman–Crippen MR) is 101 cm³/mol. The van der Waals surface area contributed by atoms with Gasteiger partial charge in [0, 0.05) is 11.1 Å². The number of nitrogen functional groups attached to an aromatic ring is 1. The van der Waals surface area contributed by atoms with Gasteiger partial charge < -0.3 is 20.6 Å². The van der Waals surface area contributed by atoms with E-state index in [1.807, 2.05) is 32.0 Å². The van der Waals surface area contributed by atoms with Gasteiger partial charge in [0.15, 0.2) is 0 Å². The van der Waals surface area contributed by atoms with E-state index in [-0.39, 0.29) is 12.3 Å². The summed E-state index contributed by atoms with van der Waals surface area (Å²) in [5.41, 5.74) is 11.5. The molecule has 2 aromatic heterocycles. The molecule has 0 amide bonds. The average Bonchev–Trinajstić information content (AvgIpc) is 3.18. The SMILES string of the molecule is COc1cc(C)c(C)cc1-c1cc(-c2cnc[nH]2)c(C#N)c(N)n1.O=CO. The second-order valence-electron chi connectivity index (χ2n) is 5.63. The van der Waals surface area contributed by atoms with Gasteiger partial charge in [-0.05, 0) is 43.2 Å². The van der Waals surface area contributed by atoms with E-state index >= 15 is 0 Å². The van der Waals surface area contributed by atoms with Crippen LogP contribution >= 0.6 is 0 Å². The number of aromatic nitrogens is 3. The summed E-state index contributed by atoms with van der Waals surface area (Å²) in [6, 6.07) is 7.92. The topological polar surface area (TPSA) is 138 Å². The van der Waals surface area contributed by atoms with Crippen LogP contribution in [0.15, 0.2) is 30.7 Å². The number of imidazole rings is 1. The Morgan fingerprint density at radius 2 is 1.93 bits per heavy atom. The molecule has 0 spiro atoms. The molecule has 27 heavy (non-hydrogen) atoms. The monoisotopic (exact) mass is 365 g/mol. The second-order valence-corrected chi connectivity index (χ2v) is 5.63. The van der Waals surface area contributed by atoms with E-state index < -0.39 is 0 Å². The Hall–Kier alpha value is -3.86. The molecule has 0 aliphatic heterocycles. The van der Waals surface area contributed by atoms with Crippen molar-refractivity contribution in [2.75, 3.05) is 12.8 Å². The number of nitrogens with two attached hydrogens (primary N) is 1. The maximum absolute atomic E-state index is 9.41. The number of rotatable bonds is 3. The number of nitrogens with one attached hydrogen (secondary N) is 1. The van der Waals surface area contributed by atoms with Gasteiger partial charge >= 0.3 is 0 Å². The van der Waals surface area contributed by atoms with E-state index in [0.717, 1.165) is 16.7 Å². The second kappa shape index (κ2) is 8.49. The molecule has 0 saturated heterocycles. The zero-order valence-corrected chi connectivity index (χ0v) is 15.1. The first-order valence-corrected chi connectivity index (χ1v) is 7.89. The highest BCUT2D eigenvalue weighted by atomic mass is 16.5. The number of benzene rings is 1. The Balaban J connectivity index is 0.000000817. The molecule has 0 aliphatic rings. The van der Waals surface area contributed by atoms with Gasteiger partial charge in [-0.15, -0.1) is 0 Å². The minimum Gasteiger partial charge on any atom is -0.496 e. The van der Waals surface area contributed by atoms with Gasteiger partial charge in [-0.2, -0.15) is 5.26 Å². The molecule has 0 bridgehead atoms. The molecular weight excluding hydrogens is 346 g/mol. The van der Waals surface area contributed by atoms with E-state index in [1.165, 1.54) is 0 Å². The molecule has 2 heterocycles. The first-order chi connectivity index (χ1) is 13.0. The maximum Gasteiger partial charge on any atom is 0.290 e. The molecule has 0 fully saturated rings. The average molecular weight is 365 g/mol. The molecule has 3 rings (SSSR count). The fourth-order valence-corrected chi connectivity index (χ4v) is 2.59. The quantitative estimate of drug-likeness (QED) is 0.607. The Morgan fingerprint density at radius 1 is 1.26 bits per heavy atom. The third kappa shape index (κ3) is 4.04. The van der Waals surface area contributed by atoms with Crippen LogP contribution in [0.3, 0.4) is 0 Å². The standard InChI is InChI=1S/C18H17N5O.CH2O2/c1-10-4-13(17(24-3)5-11(10)2)15-6-12(16-8-21-9-22-16)14(7-19)18(20)23-15;2-1-3/h4-6,8-9H,1-3H3,(H2,20,23)(H,21,22);1H,(H,2,3). The molecule has 138 valence electrons. The number of aromatic amines is 1. The van der Waals surface area contributed by atoms with Crippen LogP contribution in [0.4, 0.5) is 5.82 Å². The number of methoxy groups -OCH3 is 1. The third-order valence-electron chi connectivity index (χ3n) is 4.04. The van der Waals surface area contributed by atoms with E-state index in [0.29, 0.717) is 28.3 Å². The van der Waals surface area contributed by atoms with E-state index in [1.54, 1.807) is 19.6 Å². The van der Waals surface area contributed by atoms with Crippen LogP contribution in [-0.4, -0.2) is 33.6 Å². The number of pyridine rings is 1. The van der Waals surface area contributed by atoms with Crippen molar-refractivity contribution >= 4 is 12.3 Å². The van der Waals surface area contributed by atoms with Crippen LogP contribution in [0.5, 0.6) is 5.75 Å². The Kier molecular flexibility index (Phi) is 6.12. The summed E-state index contributed by atoms with van der Waals surface area (Å²) >= 11 is 0. The highest BCUT2D eigenvalue weighted by Crippen LogP contribution is 2.35. The first kappa shape index (κ1) is 19.5. The lowest BCUT2D eigenvalue weighted by Crippen LogP contribution is -2.01. The summed E-state index contributed by atoms with van der Waals surface area (Å²) in [4.78, 5) is 19.8. The van der Waals surface area contributed by atoms with Gasteiger partial charge in [0.2, 0.25) is 0 Å². The summed E-state index contributed by atoms with van der Waals surface area (Å²) in [5, 5.41) is 16.3. The summed E-state index contributed by atoms with van der Waals surface area (Å²) in [6.45, 7) is 3.80. The molecular formula is C19H19N5O3. The molecule has 0 radical (unpaired) electrons. The first-order valence-electron chi connectivity index (χ1n) is 7.89. The Bertz CT molecular complexity index is 992. The lowest BCUT2D eigenvalue weighted by Gasteiger charge is -2.14. The number of carboxylic acid groups (broad SMARTS) is 1. The summed E-state index contributed by atoms with van der Waals surface area (Å²) in [5.74, 6) is 0.894. The Morgan fingerprint density at radius 3 is 2.48 bits per heavy atom. The molecule has 8 heteroatoms. The molecule has 0 atom stereocenters. The number of hydrogen-bond acceptors (Lipinski definition) is 6. The number of aryl methyl sites for hydroxylation is 2. The lowest BCUT2D eigenvalue weighted by atomic mass is 9.99. The molecule has 8 nitrogen and oxygen atoms in total. The molecule has 0 saturated carbocycles. The number of carbonyl (C=O) groups is 1. The minimum absolute atomic E-state index is 0.180. The number of ether oxygens (including phenoxy) is 1. The van der Waals surface area contributed by atoms with Crippen LogP contribution in [0.25, 0.3) is 22.5 Å². The Labute approximate surface area is 156 Å². The van der Waals surface area contributed by atoms with E-state index in [9.17, 15) is 5.26 Å². The molecule has 4 N–H and O–H groups in total. The number of nitrogens with zero attached hydrogens (tertiary/aromatic N) is 3. The fraction of sp³-hybridized carbons (Fsp3) is 0.158. The van der Waals surface area contributed by atoms with Gasteiger partial charge in [0.1, 0.15) is 23.2 Å². The fourth-order valence-electron chi connectivity index (χ4n) is 2.59. The highest BCUT2D eigenvalue weighted by Gasteiger charge is 2.17. The van der Waals surface area contributed by atoms with Crippen molar-refractivity contribution in [3.8, 4) is 34.3 Å². The van der Waals surface area contributed by atoms with Crippen molar-refractivity contribution in [3.63, 3.8) is 0 Å². The maximum atomic E-state index is 9.41. The van der Waals surface area contributed by atoms with Crippen LogP contribution in [0, 0.1) is 25.2 Å². The number of anilines is 1. The largest absolute Gasteiger partial charge is 0.496 e. The summed E-state index contributed by atoms with van der Waals surface area (Å²) in [6.07, 6.45) is 3.21. The van der Waals surface area contributed by atoms with Crippen molar-refractivity contribution in [1.29, 1.82) is 5.26 Å². The van der Waals surface area contributed by atoms with Crippen LogP contribution in [0.2, 0.25) is 0 Å². The number of nitriles is 1. The number of hydrogen-bond donors (Lipinski definition) is 3. The lowest BCUT2D eigenvalue weighted by molar-refractivity contribution is -0.122. The third-order valence-corrected chi connectivity index (χ3v) is 4.04. The zero-order valence-electron chi connectivity index (χ0n) is 15.1. The minimum atomic E-state index is -0.250. The van der Waals surface area contributed by atoms with Crippen LogP contribution in [-0.2, 0) is 4.79 Å². The van der Waals surface area contributed by atoms with Crippen molar-refractivity contribution in [3.05, 3.63) is 47.4 Å². The zero-order chi connectivity index (χ0) is 20.0. The highest BCUT2D eigenvalue weighted by molar-refractivity contribution is 5.80. The van der Waals surface area contributed by atoms with Gasteiger partial charge in [-0.3, -0.25) is 4.79 Å². The summed E-state index contributed by atoms with van der Waals surface area (Å²) < 4.78 is 5.50. The van der Waals surface area contributed by atoms with Crippen molar-refractivity contribution < 1.29 is 14.6 Å². The normalized spacial score (nSPS) is 9.70. The van der Waals surface area contributed by atoms with Crippen molar-refractivity contribution in [2.45, 2.75) is 13.8 Å². The smallest absolute Gasteiger partial charge is 0.290 e. The van der Waals surface area contributed by atoms with E-state index in [2.05, 4.69) is 21.0 Å². The van der Waals surface area contributed by atoms with Crippen LogP contribution in [0.1, 0.15) is 16.7 Å².